The van der Waals surface area contributed by atoms with Gasteiger partial charge in [-0.05, 0) is 18.2 Å². The molecule has 0 bridgehead atoms. The van der Waals surface area contributed by atoms with Gasteiger partial charge in [0.25, 0.3) is 5.56 Å². The van der Waals surface area contributed by atoms with Gasteiger partial charge in [0.2, 0.25) is 5.88 Å². The molecular formula is C19H15F3N2O3. The van der Waals surface area contributed by atoms with Crippen LogP contribution in [0.25, 0.3) is 16.5 Å². The first-order valence-corrected chi connectivity index (χ1v) is 8.00. The van der Waals surface area contributed by atoms with Gasteiger partial charge in [0, 0.05) is 17.0 Å². The van der Waals surface area contributed by atoms with Crippen molar-refractivity contribution in [1.29, 1.82) is 0 Å². The lowest BCUT2D eigenvalue weighted by Crippen LogP contribution is -2.23. The van der Waals surface area contributed by atoms with Crippen LogP contribution < -0.4 is 5.56 Å². The van der Waals surface area contributed by atoms with Crippen LogP contribution in [-0.4, -0.2) is 34.1 Å². The van der Waals surface area contributed by atoms with Crippen LogP contribution in [0.1, 0.15) is 11.1 Å². The number of hydrogen-bond donors (Lipinski definition) is 2. The van der Waals surface area contributed by atoms with E-state index in [1.54, 1.807) is 18.2 Å². The van der Waals surface area contributed by atoms with Crippen LogP contribution in [0.4, 0.5) is 13.2 Å². The Balaban J connectivity index is 2.41. The lowest BCUT2D eigenvalue weighted by atomic mass is 10.1. The quantitative estimate of drug-likeness (QED) is 0.687. The van der Waals surface area contributed by atoms with Crippen molar-refractivity contribution in [3.63, 3.8) is 0 Å². The number of halogens is 3. The van der Waals surface area contributed by atoms with E-state index >= 15 is 0 Å². The van der Waals surface area contributed by atoms with E-state index in [0.29, 0.717) is 9.95 Å². The average Bonchev–Trinajstić information content (AvgIpc) is 2.64. The lowest BCUT2D eigenvalue weighted by molar-refractivity contribution is -0.137. The molecule has 0 fully saturated rings. The Morgan fingerprint density at radius 3 is 2.33 bits per heavy atom. The van der Waals surface area contributed by atoms with Crippen LogP contribution >= 0.6 is 0 Å². The Labute approximate surface area is 151 Å². The Bertz CT molecular complexity index is 1070. The first-order valence-electron chi connectivity index (χ1n) is 8.00. The SMILES string of the molecule is O=c1c2ccccc2c(C=NCCO)c(O)n1-c1ccccc1C(F)(F)F. The molecule has 0 aliphatic carbocycles. The van der Waals surface area contributed by atoms with Gasteiger partial charge in [0.1, 0.15) is 0 Å². The van der Waals surface area contributed by atoms with Gasteiger partial charge in [-0.3, -0.25) is 9.79 Å². The number of aromatic nitrogens is 1. The molecule has 3 rings (SSSR count). The minimum absolute atomic E-state index is 0.0477. The van der Waals surface area contributed by atoms with E-state index in [9.17, 15) is 23.1 Å². The summed E-state index contributed by atoms with van der Waals surface area (Å²) in [5.41, 5.74) is -2.21. The number of rotatable bonds is 4. The summed E-state index contributed by atoms with van der Waals surface area (Å²) in [7, 11) is 0. The van der Waals surface area contributed by atoms with Gasteiger partial charge in [-0.25, -0.2) is 4.57 Å². The number of benzene rings is 2. The molecule has 0 saturated carbocycles. The second kappa shape index (κ2) is 7.24. The molecule has 0 unspecified atom stereocenters. The first kappa shape index (κ1) is 18.7. The van der Waals surface area contributed by atoms with Crippen molar-refractivity contribution >= 4 is 17.0 Å². The molecule has 0 aliphatic heterocycles. The molecule has 0 saturated heterocycles. The normalized spacial score (nSPS) is 12.1. The monoisotopic (exact) mass is 376 g/mol. The maximum atomic E-state index is 13.4. The number of aliphatic hydroxyl groups is 1. The van der Waals surface area contributed by atoms with Crippen LogP contribution in [0.15, 0.2) is 58.3 Å². The molecule has 2 N–H and O–H groups in total. The van der Waals surface area contributed by atoms with Gasteiger partial charge in [-0.1, -0.05) is 30.3 Å². The molecule has 2 aromatic carbocycles. The fourth-order valence-electron chi connectivity index (χ4n) is 2.83. The fraction of sp³-hybridized carbons (Fsp3) is 0.158. The Morgan fingerprint density at radius 1 is 1.04 bits per heavy atom. The van der Waals surface area contributed by atoms with Gasteiger partial charge in [-0.2, -0.15) is 13.2 Å². The zero-order valence-corrected chi connectivity index (χ0v) is 13.9. The maximum Gasteiger partial charge on any atom is 0.418 e. The van der Waals surface area contributed by atoms with Crippen molar-refractivity contribution in [3.05, 3.63) is 70.0 Å². The van der Waals surface area contributed by atoms with E-state index in [2.05, 4.69) is 4.99 Å². The van der Waals surface area contributed by atoms with Crippen molar-refractivity contribution < 1.29 is 23.4 Å². The van der Waals surface area contributed by atoms with Gasteiger partial charge < -0.3 is 10.2 Å². The van der Waals surface area contributed by atoms with E-state index in [1.165, 1.54) is 24.4 Å². The first-order chi connectivity index (χ1) is 12.9. The molecule has 5 nitrogen and oxygen atoms in total. The summed E-state index contributed by atoms with van der Waals surface area (Å²) in [5, 5.41) is 20.0. The van der Waals surface area contributed by atoms with Gasteiger partial charge in [-0.15, -0.1) is 0 Å². The van der Waals surface area contributed by atoms with Gasteiger partial charge in [0.05, 0.1) is 30.0 Å². The van der Waals surface area contributed by atoms with Crippen LogP contribution in [0.3, 0.4) is 0 Å². The van der Waals surface area contributed by atoms with E-state index in [-0.39, 0.29) is 24.1 Å². The number of fused-ring (bicyclic) bond motifs is 1. The molecular weight excluding hydrogens is 361 g/mol. The topological polar surface area (TPSA) is 74.8 Å². The summed E-state index contributed by atoms with van der Waals surface area (Å²) in [4.78, 5) is 16.8. The Hall–Kier alpha value is -3.13. The van der Waals surface area contributed by atoms with Crippen molar-refractivity contribution in [1.82, 2.24) is 4.57 Å². The molecule has 0 atom stereocenters. The molecule has 27 heavy (non-hydrogen) atoms. The highest BCUT2D eigenvalue weighted by Gasteiger charge is 2.34. The van der Waals surface area contributed by atoms with E-state index in [1.807, 2.05) is 0 Å². The second-order valence-corrected chi connectivity index (χ2v) is 5.70. The number of pyridine rings is 1. The Morgan fingerprint density at radius 2 is 1.67 bits per heavy atom. The predicted molar refractivity (Wildman–Crippen MR) is 95.8 cm³/mol. The zero-order chi connectivity index (χ0) is 19.6. The van der Waals surface area contributed by atoms with Crippen molar-refractivity contribution in [3.8, 4) is 11.6 Å². The van der Waals surface area contributed by atoms with Crippen LogP contribution in [-0.2, 0) is 6.18 Å². The highest BCUT2D eigenvalue weighted by atomic mass is 19.4. The van der Waals surface area contributed by atoms with E-state index in [0.717, 1.165) is 12.1 Å². The fourth-order valence-corrected chi connectivity index (χ4v) is 2.83. The summed E-state index contributed by atoms with van der Waals surface area (Å²) >= 11 is 0. The third-order valence-corrected chi connectivity index (χ3v) is 4.00. The van der Waals surface area contributed by atoms with Gasteiger partial charge in [0.15, 0.2) is 0 Å². The summed E-state index contributed by atoms with van der Waals surface area (Å²) in [5.74, 6) is -0.655. The minimum atomic E-state index is -4.71. The largest absolute Gasteiger partial charge is 0.494 e. The number of nitrogens with zero attached hydrogens (tertiary/aromatic N) is 2. The molecule has 0 radical (unpaired) electrons. The van der Waals surface area contributed by atoms with Gasteiger partial charge >= 0.3 is 6.18 Å². The molecule has 8 heteroatoms. The standard InChI is InChI=1S/C19H15F3N2O3/c20-19(21,22)15-7-3-4-8-16(15)24-17(26)13-6-2-1-5-12(13)14(18(24)27)11-23-9-10-25/h1-8,11,25,27H,9-10H2. The average molecular weight is 376 g/mol. The molecule has 140 valence electrons. The van der Waals surface area contributed by atoms with Crippen LogP contribution in [0, 0.1) is 0 Å². The molecule has 3 aromatic rings. The van der Waals surface area contributed by atoms with Crippen molar-refractivity contribution in [2.24, 2.45) is 4.99 Å². The number of aromatic hydroxyl groups is 1. The predicted octanol–water partition coefficient (Wildman–Crippen LogP) is 3.13. The molecule has 0 aliphatic rings. The molecule has 1 aromatic heterocycles. The third kappa shape index (κ3) is 3.43. The number of aliphatic hydroxyl groups excluding tert-OH is 1. The van der Waals surface area contributed by atoms with Crippen LogP contribution in [0.5, 0.6) is 5.88 Å². The summed E-state index contributed by atoms with van der Waals surface area (Å²) in [6.45, 7) is -0.183. The summed E-state index contributed by atoms with van der Waals surface area (Å²) in [6.07, 6.45) is -3.47. The maximum absolute atomic E-state index is 13.4. The smallest absolute Gasteiger partial charge is 0.418 e. The minimum Gasteiger partial charge on any atom is -0.494 e. The summed E-state index contributed by atoms with van der Waals surface area (Å²) in [6, 6.07) is 10.8. The Kier molecular flexibility index (Phi) is 5.00. The van der Waals surface area contributed by atoms with Crippen molar-refractivity contribution in [2.75, 3.05) is 13.2 Å². The van der Waals surface area contributed by atoms with E-state index < -0.39 is 28.9 Å². The highest BCUT2D eigenvalue weighted by molar-refractivity contribution is 6.01. The number of alkyl halides is 3. The third-order valence-electron chi connectivity index (χ3n) is 4.00. The lowest BCUT2D eigenvalue weighted by Gasteiger charge is -2.18. The number of para-hydroxylation sites is 1. The molecule has 0 spiro atoms. The van der Waals surface area contributed by atoms with E-state index in [4.69, 9.17) is 5.11 Å². The number of aliphatic imine (C=N–C) groups is 1. The summed E-state index contributed by atoms with van der Waals surface area (Å²) < 4.78 is 40.9. The second-order valence-electron chi connectivity index (χ2n) is 5.70. The molecule has 1 heterocycles. The number of hydrogen-bond acceptors (Lipinski definition) is 4. The van der Waals surface area contributed by atoms with Crippen molar-refractivity contribution in [2.45, 2.75) is 6.18 Å². The zero-order valence-electron chi connectivity index (χ0n) is 13.9. The highest BCUT2D eigenvalue weighted by Crippen LogP contribution is 2.35. The molecule has 0 amide bonds. The van der Waals surface area contributed by atoms with Crippen LogP contribution in [0.2, 0.25) is 0 Å².